The van der Waals surface area contributed by atoms with Crippen LogP contribution in [0.5, 0.6) is 0 Å². The van der Waals surface area contributed by atoms with E-state index in [2.05, 4.69) is 4.98 Å². The maximum Gasteiger partial charge on any atom is 0.351 e. The van der Waals surface area contributed by atoms with Crippen LogP contribution in [0.3, 0.4) is 0 Å². The van der Waals surface area contributed by atoms with Gasteiger partial charge in [0, 0.05) is 6.20 Å². The van der Waals surface area contributed by atoms with Crippen LogP contribution >= 0.6 is 0 Å². The summed E-state index contributed by atoms with van der Waals surface area (Å²) in [4.78, 5) is 3.24. The third-order valence-electron chi connectivity index (χ3n) is 1.12. The lowest BCUT2D eigenvalue weighted by atomic mass is 10.3. The Morgan fingerprint density at radius 2 is 2.25 bits per heavy atom. The molecule has 0 aliphatic carbocycles. The Balaban J connectivity index is 3.47. The summed E-state index contributed by atoms with van der Waals surface area (Å²) in [6.07, 6.45) is 1.10. The maximum absolute atomic E-state index is 12.3. The Kier molecular flexibility index (Phi) is 2.06. The van der Waals surface area contributed by atoms with Crippen LogP contribution in [0.2, 0.25) is 0 Å². The van der Waals surface area contributed by atoms with Crippen LogP contribution < -0.4 is 0 Å². The molecule has 6 heteroatoms. The number of hydrogen-bond donors (Lipinski definition) is 0. The highest BCUT2D eigenvalue weighted by molar-refractivity contribution is 7.86. The fourth-order valence-corrected chi connectivity index (χ4v) is 1.23. The summed E-state index contributed by atoms with van der Waals surface area (Å²) in [7, 11) is -4.88. The monoisotopic (exact) mass is 186 g/mol. The molecule has 12 heavy (non-hydrogen) atoms. The summed E-state index contributed by atoms with van der Waals surface area (Å²) < 4.78 is 33.0. The number of halogens is 1. The number of nitriles is 1. The first-order valence-electron chi connectivity index (χ1n) is 2.85. The lowest BCUT2D eigenvalue weighted by Gasteiger charge is -1.93. The van der Waals surface area contributed by atoms with Gasteiger partial charge < -0.3 is 0 Å². The second kappa shape index (κ2) is 2.87. The van der Waals surface area contributed by atoms with Gasteiger partial charge >= 0.3 is 10.2 Å². The van der Waals surface area contributed by atoms with Crippen LogP contribution in [0.15, 0.2) is 23.4 Å². The van der Waals surface area contributed by atoms with Gasteiger partial charge in [0.15, 0.2) is 0 Å². The zero-order chi connectivity index (χ0) is 9.19. The normalized spacial score (nSPS) is 10.7. The molecule has 0 amide bonds. The molecule has 0 aromatic carbocycles. The zero-order valence-corrected chi connectivity index (χ0v) is 6.55. The zero-order valence-electron chi connectivity index (χ0n) is 5.73. The molecule has 0 saturated carbocycles. The number of pyridine rings is 1. The Hall–Kier alpha value is -1.48. The molecule has 0 aliphatic rings. The van der Waals surface area contributed by atoms with Crippen molar-refractivity contribution in [1.29, 1.82) is 5.26 Å². The van der Waals surface area contributed by atoms with E-state index in [0.717, 1.165) is 6.20 Å². The van der Waals surface area contributed by atoms with E-state index in [1.165, 1.54) is 18.2 Å². The van der Waals surface area contributed by atoms with Crippen molar-refractivity contribution in [3.05, 3.63) is 23.9 Å². The maximum atomic E-state index is 12.3. The second-order valence-electron chi connectivity index (χ2n) is 1.91. The SMILES string of the molecule is N#Cc1cccnc1S(=O)(=O)F. The van der Waals surface area contributed by atoms with Crippen LogP contribution in [-0.2, 0) is 10.2 Å². The first kappa shape index (κ1) is 8.62. The van der Waals surface area contributed by atoms with Crippen LogP contribution in [0.1, 0.15) is 5.56 Å². The van der Waals surface area contributed by atoms with Crippen molar-refractivity contribution in [2.75, 3.05) is 0 Å². The smallest absolute Gasteiger partial charge is 0.241 e. The molecule has 1 heterocycles. The third kappa shape index (κ3) is 1.57. The highest BCUT2D eigenvalue weighted by Crippen LogP contribution is 2.12. The van der Waals surface area contributed by atoms with Gasteiger partial charge in [0.05, 0.1) is 5.56 Å². The van der Waals surface area contributed by atoms with Crippen molar-refractivity contribution in [3.63, 3.8) is 0 Å². The Morgan fingerprint density at radius 1 is 1.58 bits per heavy atom. The van der Waals surface area contributed by atoms with E-state index < -0.39 is 15.2 Å². The highest BCUT2D eigenvalue weighted by Gasteiger charge is 2.17. The molecule has 0 atom stereocenters. The van der Waals surface area contributed by atoms with Gasteiger partial charge in [-0.1, -0.05) is 3.89 Å². The summed E-state index contributed by atoms with van der Waals surface area (Å²) >= 11 is 0. The molecular weight excluding hydrogens is 183 g/mol. The number of hydrogen-bond acceptors (Lipinski definition) is 4. The lowest BCUT2D eigenvalue weighted by molar-refractivity contribution is 0.547. The van der Waals surface area contributed by atoms with Crippen LogP contribution in [-0.4, -0.2) is 13.4 Å². The van der Waals surface area contributed by atoms with Gasteiger partial charge in [-0.2, -0.15) is 13.7 Å². The lowest BCUT2D eigenvalue weighted by Crippen LogP contribution is -1.98. The first-order valence-corrected chi connectivity index (χ1v) is 4.24. The second-order valence-corrected chi connectivity index (χ2v) is 3.17. The van der Waals surface area contributed by atoms with Crippen LogP contribution in [0, 0.1) is 11.3 Å². The van der Waals surface area contributed by atoms with Crippen molar-refractivity contribution in [3.8, 4) is 6.07 Å². The molecular formula is C6H3FN2O2S. The van der Waals surface area contributed by atoms with Gasteiger partial charge in [-0.15, -0.1) is 0 Å². The summed E-state index contributed by atoms with van der Waals surface area (Å²) in [6.45, 7) is 0. The summed E-state index contributed by atoms with van der Waals surface area (Å²) in [5.41, 5.74) is -0.292. The Bertz CT molecular complexity index is 435. The minimum Gasteiger partial charge on any atom is -0.241 e. The quantitative estimate of drug-likeness (QED) is 0.602. The molecule has 1 aromatic rings. The highest BCUT2D eigenvalue weighted by atomic mass is 32.3. The van der Waals surface area contributed by atoms with E-state index in [1.54, 1.807) is 0 Å². The standard InChI is InChI=1S/C6H3FN2O2S/c7-12(10,11)6-5(4-8)2-1-3-9-6/h1-3H. The van der Waals surface area contributed by atoms with E-state index in [-0.39, 0.29) is 5.56 Å². The first-order chi connectivity index (χ1) is 5.55. The van der Waals surface area contributed by atoms with Gasteiger partial charge in [-0.25, -0.2) is 4.98 Å². The van der Waals surface area contributed by atoms with Crippen molar-refractivity contribution < 1.29 is 12.3 Å². The molecule has 0 fully saturated rings. The predicted molar refractivity (Wildman–Crippen MR) is 37.2 cm³/mol. The summed E-state index contributed by atoms with van der Waals surface area (Å²) in [5, 5.41) is 7.53. The van der Waals surface area contributed by atoms with E-state index in [4.69, 9.17) is 5.26 Å². The average Bonchev–Trinajstić information content (AvgIpc) is 2.03. The molecule has 4 nitrogen and oxygen atoms in total. The van der Waals surface area contributed by atoms with Gasteiger partial charge in [0.1, 0.15) is 6.07 Å². The molecule has 0 bridgehead atoms. The number of nitrogens with zero attached hydrogens (tertiary/aromatic N) is 2. The molecule has 0 saturated heterocycles. The van der Waals surface area contributed by atoms with Crippen molar-refractivity contribution in [2.45, 2.75) is 5.03 Å². The molecule has 0 unspecified atom stereocenters. The summed E-state index contributed by atoms with van der Waals surface area (Å²) in [6, 6.07) is 4.05. The van der Waals surface area contributed by atoms with Crippen molar-refractivity contribution in [2.24, 2.45) is 0 Å². The van der Waals surface area contributed by atoms with E-state index in [0.29, 0.717) is 0 Å². The minimum absolute atomic E-state index is 0.292. The van der Waals surface area contributed by atoms with Crippen LogP contribution in [0.25, 0.3) is 0 Å². The molecule has 0 radical (unpaired) electrons. The molecule has 0 N–H and O–H groups in total. The van der Waals surface area contributed by atoms with Gasteiger partial charge in [-0.3, -0.25) is 0 Å². The van der Waals surface area contributed by atoms with Gasteiger partial charge in [0.25, 0.3) is 0 Å². The molecule has 0 spiro atoms. The topological polar surface area (TPSA) is 70.8 Å². The Morgan fingerprint density at radius 3 is 2.67 bits per heavy atom. The number of rotatable bonds is 1. The van der Waals surface area contributed by atoms with Crippen LogP contribution in [0.4, 0.5) is 3.89 Å². The molecule has 1 rings (SSSR count). The van der Waals surface area contributed by atoms with Crippen molar-refractivity contribution in [1.82, 2.24) is 4.98 Å². The van der Waals surface area contributed by atoms with E-state index >= 15 is 0 Å². The van der Waals surface area contributed by atoms with Gasteiger partial charge in [0.2, 0.25) is 5.03 Å². The average molecular weight is 186 g/mol. The molecule has 0 aliphatic heterocycles. The molecule has 1 aromatic heterocycles. The summed E-state index contributed by atoms with van der Waals surface area (Å²) in [5.74, 6) is 0. The number of aromatic nitrogens is 1. The largest absolute Gasteiger partial charge is 0.351 e. The van der Waals surface area contributed by atoms with E-state index in [1.807, 2.05) is 0 Å². The fourth-order valence-electron chi connectivity index (χ4n) is 0.670. The van der Waals surface area contributed by atoms with E-state index in [9.17, 15) is 12.3 Å². The predicted octanol–water partition coefficient (Wildman–Crippen LogP) is 0.611. The third-order valence-corrected chi connectivity index (χ3v) is 1.91. The van der Waals surface area contributed by atoms with Gasteiger partial charge in [-0.05, 0) is 12.1 Å². The minimum atomic E-state index is -4.88. The fraction of sp³-hybridized carbons (Fsp3) is 0. The molecule has 62 valence electrons. The Labute approximate surface area is 68.5 Å². The van der Waals surface area contributed by atoms with Crippen molar-refractivity contribution >= 4 is 10.2 Å².